The maximum atomic E-state index is 15.5. The van der Waals surface area contributed by atoms with Crippen LogP contribution < -0.4 is 15.8 Å². The third-order valence-electron chi connectivity index (χ3n) is 7.81. The molecule has 1 aliphatic carbocycles. The van der Waals surface area contributed by atoms with Crippen LogP contribution in [0.3, 0.4) is 0 Å². The van der Waals surface area contributed by atoms with Crippen molar-refractivity contribution in [1.82, 2.24) is 24.5 Å². The van der Waals surface area contributed by atoms with Crippen molar-refractivity contribution in [3.8, 4) is 34.1 Å². The zero-order chi connectivity index (χ0) is 30.2. The molecular formula is C32H29ClFN7O2. The van der Waals surface area contributed by atoms with Gasteiger partial charge < -0.3 is 20.4 Å². The van der Waals surface area contributed by atoms with Crippen LogP contribution in [0.5, 0.6) is 11.8 Å². The normalized spacial score (nSPS) is 13.4. The number of amides is 1. The minimum Gasteiger partial charge on any atom is -0.421 e. The number of aromatic nitrogens is 5. The Bertz CT molecular complexity index is 1900. The van der Waals surface area contributed by atoms with Crippen LogP contribution in [0.25, 0.3) is 33.4 Å². The fourth-order valence-corrected chi connectivity index (χ4v) is 5.91. The van der Waals surface area contributed by atoms with E-state index >= 15 is 4.39 Å². The molecule has 0 atom stereocenters. The first kappa shape index (κ1) is 28.3. The number of nitrogen functional groups attached to an aromatic ring is 1. The van der Waals surface area contributed by atoms with Crippen LogP contribution in [0.1, 0.15) is 31.4 Å². The SMILES string of the molecule is C=C(C(=O)Nc1ccc(-c2c(-c3ccc(Oc4nccc(C)n4)c(F)c3)c3c(N)ncnc3n2C)c(Cl)c1)C1CCCC1. The molecule has 43 heavy (non-hydrogen) atoms. The number of halogens is 2. The fourth-order valence-electron chi connectivity index (χ4n) is 5.64. The molecule has 3 N–H and O–H groups in total. The number of nitrogens with zero attached hydrogens (tertiary/aromatic N) is 5. The predicted octanol–water partition coefficient (Wildman–Crippen LogP) is 7.25. The minimum atomic E-state index is -0.618. The van der Waals surface area contributed by atoms with Crippen LogP contribution in [-0.2, 0) is 11.8 Å². The second-order valence-corrected chi connectivity index (χ2v) is 11.0. The van der Waals surface area contributed by atoms with Gasteiger partial charge in [-0.25, -0.2) is 24.3 Å². The summed E-state index contributed by atoms with van der Waals surface area (Å²) < 4.78 is 22.9. The third kappa shape index (κ3) is 5.41. The van der Waals surface area contributed by atoms with Gasteiger partial charge in [0.1, 0.15) is 17.8 Å². The van der Waals surface area contributed by atoms with E-state index in [1.54, 1.807) is 43.5 Å². The number of carbonyl (C=O) groups excluding carboxylic acids is 1. The van der Waals surface area contributed by atoms with Crippen LogP contribution >= 0.6 is 11.6 Å². The van der Waals surface area contributed by atoms with Crippen molar-refractivity contribution < 1.29 is 13.9 Å². The van der Waals surface area contributed by atoms with Crippen molar-refractivity contribution >= 4 is 40.0 Å². The Kier molecular flexibility index (Phi) is 7.53. The van der Waals surface area contributed by atoms with E-state index in [9.17, 15) is 4.79 Å². The Morgan fingerprint density at radius 3 is 2.65 bits per heavy atom. The van der Waals surface area contributed by atoms with E-state index in [4.69, 9.17) is 22.1 Å². The van der Waals surface area contributed by atoms with Gasteiger partial charge in [-0.1, -0.05) is 37.1 Å². The quantitative estimate of drug-likeness (QED) is 0.189. The van der Waals surface area contributed by atoms with Gasteiger partial charge in [0.2, 0.25) is 0 Å². The lowest BCUT2D eigenvalue weighted by Crippen LogP contribution is -2.18. The molecule has 0 bridgehead atoms. The second-order valence-electron chi connectivity index (χ2n) is 10.6. The summed E-state index contributed by atoms with van der Waals surface area (Å²) in [5, 5.41) is 3.85. The number of ether oxygens (including phenoxy) is 1. The highest BCUT2D eigenvalue weighted by atomic mass is 35.5. The molecule has 0 radical (unpaired) electrons. The number of aryl methyl sites for hydroxylation is 2. The lowest BCUT2D eigenvalue weighted by atomic mass is 9.97. The van der Waals surface area contributed by atoms with Gasteiger partial charge in [-0.2, -0.15) is 0 Å². The van der Waals surface area contributed by atoms with E-state index in [1.165, 1.54) is 18.5 Å². The van der Waals surface area contributed by atoms with Crippen molar-refractivity contribution in [2.45, 2.75) is 32.6 Å². The summed E-state index contributed by atoms with van der Waals surface area (Å²) in [5.74, 6) is -0.412. The van der Waals surface area contributed by atoms with Crippen molar-refractivity contribution in [1.29, 1.82) is 0 Å². The summed E-state index contributed by atoms with van der Waals surface area (Å²) in [6.07, 6.45) is 7.11. The molecule has 0 spiro atoms. The molecule has 2 aromatic carbocycles. The van der Waals surface area contributed by atoms with E-state index in [2.05, 4.69) is 31.8 Å². The Hall–Kier alpha value is -4.83. The highest BCUT2D eigenvalue weighted by molar-refractivity contribution is 6.34. The Morgan fingerprint density at radius 2 is 1.93 bits per heavy atom. The second kappa shape index (κ2) is 11.4. The molecule has 1 amide bonds. The Labute approximate surface area is 252 Å². The highest BCUT2D eigenvalue weighted by Crippen LogP contribution is 2.45. The largest absolute Gasteiger partial charge is 0.421 e. The molecular weight excluding hydrogens is 569 g/mol. The van der Waals surface area contributed by atoms with Crippen LogP contribution in [-0.4, -0.2) is 30.4 Å². The zero-order valence-electron chi connectivity index (χ0n) is 23.7. The zero-order valence-corrected chi connectivity index (χ0v) is 24.5. The first-order chi connectivity index (χ1) is 20.7. The van der Waals surface area contributed by atoms with Crippen LogP contribution in [0.2, 0.25) is 5.02 Å². The molecule has 0 aliphatic heterocycles. The van der Waals surface area contributed by atoms with Gasteiger partial charge in [-0.15, -0.1) is 0 Å². The van der Waals surface area contributed by atoms with E-state index in [-0.39, 0.29) is 29.4 Å². The molecule has 3 heterocycles. The van der Waals surface area contributed by atoms with Crippen molar-refractivity contribution in [2.24, 2.45) is 13.0 Å². The number of hydrogen-bond acceptors (Lipinski definition) is 7. The molecule has 218 valence electrons. The third-order valence-corrected chi connectivity index (χ3v) is 8.13. The first-order valence-electron chi connectivity index (χ1n) is 13.9. The molecule has 5 aromatic rings. The lowest BCUT2D eigenvalue weighted by Gasteiger charge is -2.15. The summed E-state index contributed by atoms with van der Waals surface area (Å²) in [6, 6.07) is 11.6. The standard InChI is InChI=1S/C32H29ClFN7O2/c1-17-12-13-36-32(39-17)43-25-11-8-20(14-24(25)34)26-27-29(35)37-16-38-30(27)41(3)28(26)22-10-9-21(15-23(22)33)40-31(42)18(2)19-6-4-5-7-19/h8-16,19H,2,4-7H2,1,3H3,(H,40,42)(H2,35,37,38). The summed E-state index contributed by atoms with van der Waals surface area (Å²) >= 11 is 6.85. The number of benzene rings is 2. The molecule has 1 aliphatic rings. The number of carbonyl (C=O) groups is 1. The van der Waals surface area contributed by atoms with Crippen molar-refractivity contribution in [3.05, 3.63) is 83.7 Å². The fraction of sp³-hybridized carbons (Fsp3) is 0.219. The smallest absolute Gasteiger partial charge is 0.322 e. The van der Waals surface area contributed by atoms with Gasteiger partial charge in [0.15, 0.2) is 11.6 Å². The lowest BCUT2D eigenvalue weighted by molar-refractivity contribution is -0.113. The van der Waals surface area contributed by atoms with Gasteiger partial charge >= 0.3 is 6.01 Å². The van der Waals surface area contributed by atoms with Crippen LogP contribution in [0.15, 0.2) is 67.1 Å². The molecule has 1 saturated carbocycles. The first-order valence-corrected chi connectivity index (χ1v) is 14.3. The predicted molar refractivity (Wildman–Crippen MR) is 165 cm³/mol. The summed E-state index contributed by atoms with van der Waals surface area (Å²) in [5.41, 5.74) is 11.1. The number of nitrogens with one attached hydrogen (secondary N) is 1. The van der Waals surface area contributed by atoms with Gasteiger partial charge in [0.05, 0.1) is 16.1 Å². The van der Waals surface area contributed by atoms with E-state index in [1.807, 2.05) is 11.6 Å². The van der Waals surface area contributed by atoms with Gasteiger partial charge in [0, 0.05) is 41.3 Å². The average Bonchev–Trinajstić information content (AvgIpc) is 3.62. The number of fused-ring (bicyclic) bond motifs is 1. The molecule has 3 aromatic heterocycles. The molecule has 11 heteroatoms. The van der Waals surface area contributed by atoms with Crippen molar-refractivity contribution in [3.63, 3.8) is 0 Å². The van der Waals surface area contributed by atoms with E-state index in [0.717, 1.165) is 25.7 Å². The minimum absolute atomic E-state index is 0.0299. The summed E-state index contributed by atoms with van der Waals surface area (Å²) in [6.45, 7) is 5.82. The van der Waals surface area contributed by atoms with Gasteiger partial charge in [0.25, 0.3) is 5.91 Å². The number of rotatable bonds is 7. The molecule has 9 nitrogen and oxygen atoms in total. The monoisotopic (exact) mass is 597 g/mol. The Morgan fingerprint density at radius 1 is 1.14 bits per heavy atom. The van der Waals surface area contributed by atoms with Gasteiger partial charge in [-0.05, 0) is 67.6 Å². The average molecular weight is 598 g/mol. The summed E-state index contributed by atoms with van der Waals surface area (Å²) in [4.78, 5) is 29.7. The summed E-state index contributed by atoms with van der Waals surface area (Å²) in [7, 11) is 1.83. The molecule has 1 fully saturated rings. The Balaban J connectivity index is 1.40. The van der Waals surface area contributed by atoms with Crippen molar-refractivity contribution in [2.75, 3.05) is 11.1 Å². The van der Waals surface area contributed by atoms with E-state index < -0.39 is 5.82 Å². The van der Waals surface area contributed by atoms with Crippen LogP contribution in [0, 0.1) is 18.7 Å². The van der Waals surface area contributed by atoms with Crippen LogP contribution in [0.4, 0.5) is 15.9 Å². The van der Waals surface area contributed by atoms with Gasteiger partial charge in [-0.3, -0.25) is 4.79 Å². The molecule has 0 saturated heterocycles. The van der Waals surface area contributed by atoms with E-state index in [0.29, 0.717) is 55.4 Å². The highest BCUT2D eigenvalue weighted by Gasteiger charge is 2.26. The maximum absolute atomic E-state index is 15.5. The number of anilines is 2. The molecule has 0 unspecified atom stereocenters. The molecule has 6 rings (SSSR count). The number of nitrogens with two attached hydrogens (primary N) is 1. The maximum Gasteiger partial charge on any atom is 0.322 e. The number of hydrogen-bond donors (Lipinski definition) is 2. The topological polar surface area (TPSA) is 121 Å².